The smallest absolute Gasteiger partial charge is 0.307 e. The summed E-state index contributed by atoms with van der Waals surface area (Å²) >= 11 is 3.19. The topological polar surface area (TPSA) is 53.1 Å². The molecule has 2 N–H and O–H groups in total. The van der Waals surface area contributed by atoms with E-state index in [0.29, 0.717) is 21.1 Å². The zero-order valence-electron chi connectivity index (χ0n) is 7.55. The zero-order valence-corrected chi connectivity index (χ0v) is 9.14. The highest BCUT2D eigenvalue weighted by molar-refractivity contribution is 9.10. The second kappa shape index (κ2) is 3.66. The van der Waals surface area contributed by atoms with E-state index in [4.69, 9.17) is 5.11 Å². The molecule has 3 nitrogen and oxygen atoms in total. The number of rotatable bonds is 2. The van der Waals surface area contributed by atoms with Gasteiger partial charge >= 0.3 is 5.97 Å². The molecule has 0 atom stereocenters. The molecular weight excluding hydrogens is 265 g/mol. The van der Waals surface area contributed by atoms with E-state index in [1.165, 1.54) is 6.07 Å². The molecule has 1 heterocycles. The maximum atomic E-state index is 13.5. The van der Waals surface area contributed by atoms with E-state index in [1.54, 1.807) is 12.1 Å². The number of halogens is 2. The Labute approximate surface area is 93.0 Å². The highest BCUT2D eigenvalue weighted by Gasteiger charge is 2.15. The molecule has 1 aromatic heterocycles. The van der Waals surface area contributed by atoms with Crippen molar-refractivity contribution in [3.8, 4) is 0 Å². The summed E-state index contributed by atoms with van der Waals surface area (Å²) in [4.78, 5) is 13.5. The maximum absolute atomic E-state index is 13.5. The summed E-state index contributed by atoms with van der Waals surface area (Å²) in [6.45, 7) is 0. The fourth-order valence-electron chi connectivity index (χ4n) is 1.56. The van der Waals surface area contributed by atoms with Crippen LogP contribution in [0.5, 0.6) is 0 Å². The molecule has 78 valence electrons. The van der Waals surface area contributed by atoms with E-state index in [2.05, 4.69) is 20.9 Å². The summed E-state index contributed by atoms with van der Waals surface area (Å²) in [5.41, 5.74) is 1.04. The van der Waals surface area contributed by atoms with Gasteiger partial charge in [-0.3, -0.25) is 4.79 Å². The lowest BCUT2D eigenvalue weighted by molar-refractivity contribution is -0.136. The minimum Gasteiger partial charge on any atom is -0.481 e. The summed E-state index contributed by atoms with van der Waals surface area (Å²) in [5, 5.41) is 9.04. The number of carbonyl (C=O) groups is 1. The lowest BCUT2D eigenvalue weighted by atomic mass is 10.1. The Balaban J connectivity index is 2.71. The predicted molar refractivity (Wildman–Crippen MR) is 57.3 cm³/mol. The lowest BCUT2D eigenvalue weighted by Crippen LogP contribution is -2.00. The minimum absolute atomic E-state index is 0.207. The number of benzene rings is 1. The number of aromatic nitrogens is 1. The van der Waals surface area contributed by atoms with Gasteiger partial charge in [0, 0.05) is 16.5 Å². The van der Waals surface area contributed by atoms with E-state index in [9.17, 15) is 9.18 Å². The number of hydrogen-bond donors (Lipinski definition) is 2. The van der Waals surface area contributed by atoms with Crippen LogP contribution in [0.15, 0.2) is 22.8 Å². The van der Waals surface area contributed by atoms with Crippen LogP contribution in [0, 0.1) is 5.82 Å². The van der Waals surface area contributed by atoms with Crippen LogP contribution in [-0.4, -0.2) is 16.1 Å². The van der Waals surface area contributed by atoms with Gasteiger partial charge in [-0.25, -0.2) is 4.39 Å². The van der Waals surface area contributed by atoms with Crippen LogP contribution >= 0.6 is 15.9 Å². The summed E-state index contributed by atoms with van der Waals surface area (Å²) in [6, 6.07) is 4.59. The SMILES string of the molecule is O=C(O)Cc1c(Br)[nH]c2cccc(F)c12. The van der Waals surface area contributed by atoms with Crippen LogP contribution in [0.2, 0.25) is 0 Å². The largest absolute Gasteiger partial charge is 0.481 e. The van der Waals surface area contributed by atoms with Gasteiger partial charge in [0.15, 0.2) is 0 Å². The Hall–Kier alpha value is -1.36. The van der Waals surface area contributed by atoms with Crippen LogP contribution in [-0.2, 0) is 11.2 Å². The van der Waals surface area contributed by atoms with Crippen LogP contribution in [0.1, 0.15) is 5.56 Å². The van der Waals surface area contributed by atoms with Crippen molar-refractivity contribution in [2.45, 2.75) is 6.42 Å². The molecule has 2 aromatic rings. The third-order valence-corrected chi connectivity index (χ3v) is 2.83. The van der Waals surface area contributed by atoms with Crippen LogP contribution in [0.4, 0.5) is 4.39 Å². The minimum atomic E-state index is -0.986. The second-order valence-corrected chi connectivity index (χ2v) is 3.94. The summed E-state index contributed by atoms with van der Waals surface area (Å²) in [6.07, 6.45) is -0.207. The number of hydrogen-bond acceptors (Lipinski definition) is 1. The highest BCUT2D eigenvalue weighted by atomic mass is 79.9. The van der Waals surface area contributed by atoms with Gasteiger partial charge in [0.2, 0.25) is 0 Å². The second-order valence-electron chi connectivity index (χ2n) is 3.15. The quantitative estimate of drug-likeness (QED) is 0.883. The van der Waals surface area contributed by atoms with Crippen molar-refractivity contribution in [2.75, 3.05) is 0 Å². The number of carboxylic acids is 1. The molecule has 0 aliphatic carbocycles. The zero-order chi connectivity index (χ0) is 11.0. The van der Waals surface area contributed by atoms with E-state index in [1.807, 2.05) is 0 Å². The molecule has 0 aliphatic rings. The summed E-state index contributed by atoms with van der Waals surface area (Å²) < 4.78 is 14.0. The summed E-state index contributed by atoms with van der Waals surface area (Å²) in [7, 11) is 0. The number of fused-ring (bicyclic) bond motifs is 1. The summed E-state index contributed by atoms with van der Waals surface area (Å²) in [5.74, 6) is -1.40. The van der Waals surface area contributed by atoms with Crippen molar-refractivity contribution in [3.05, 3.63) is 34.2 Å². The van der Waals surface area contributed by atoms with Crippen LogP contribution in [0.3, 0.4) is 0 Å². The van der Waals surface area contributed by atoms with Crippen molar-refractivity contribution < 1.29 is 14.3 Å². The Bertz CT molecular complexity index is 535. The average molecular weight is 272 g/mol. The van der Waals surface area contributed by atoms with Crippen molar-refractivity contribution in [2.24, 2.45) is 0 Å². The normalized spacial score (nSPS) is 10.8. The highest BCUT2D eigenvalue weighted by Crippen LogP contribution is 2.28. The van der Waals surface area contributed by atoms with Gasteiger partial charge in [0.1, 0.15) is 5.82 Å². The number of aromatic amines is 1. The molecule has 0 spiro atoms. The Morgan fingerprint density at radius 2 is 2.27 bits per heavy atom. The van der Waals surface area contributed by atoms with Gasteiger partial charge in [-0.05, 0) is 28.1 Å². The van der Waals surface area contributed by atoms with Crippen molar-refractivity contribution in [3.63, 3.8) is 0 Å². The fourth-order valence-corrected chi connectivity index (χ4v) is 2.11. The van der Waals surface area contributed by atoms with Crippen molar-refractivity contribution >= 4 is 32.8 Å². The van der Waals surface area contributed by atoms with Crippen LogP contribution in [0.25, 0.3) is 10.9 Å². The molecule has 0 bridgehead atoms. The Morgan fingerprint density at radius 1 is 1.53 bits per heavy atom. The Kier molecular flexibility index (Phi) is 2.48. The monoisotopic (exact) mass is 271 g/mol. The standard InChI is InChI=1S/C10H7BrFNO2/c11-10-5(4-8(14)15)9-6(12)2-1-3-7(9)13-10/h1-3,13H,4H2,(H,14,15). The van der Waals surface area contributed by atoms with E-state index >= 15 is 0 Å². The lowest BCUT2D eigenvalue weighted by Gasteiger charge is -1.96. The molecule has 2 rings (SSSR count). The molecule has 5 heteroatoms. The van der Waals surface area contributed by atoms with Crippen LogP contribution < -0.4 is 0 Å². The van der Waals surface area contributed by atoms with E-state index in [0.717, 1.165) is 0 Å². The first-order chi connectivity index (χ1) is 7.09. The first-order valence-electron chi connectivity index (χ1n) is 4.26. The van der Waals surface area contributed by atoms with Gasteiger partial charge < -0.3 is 10.1 Å². The maximum Gasteiger partial charge on any atom is 0.307 e. The van der Waals surface area contributed by atoms with Gasteiger partial charge in [-0.2, -0.15) is 0 Å². The molecule has 0 fully saturated rings. The average Bonchev–Trinajstić information content (AvgIpc) is 2.43. The van der Waals surface area contributed by atoms with Crippen molar-refractivity contribution in [1.29, 1.82) is 0 Å². The van der Waals surface area contributed by atoms with Gasteiger partial charge in [0.05, 0.1) is 11.0 Å². The first kappa shape index (κ1) is 10.2. The molecule has 0 radical (unpaired) electrons. The fraction of sp³-hybridized carbons (Fsp3) is 0.100. The third-order valence-electron chi connectivity index (χ3n) is 2.15. The predicted octanol–water partition coefficient (Wildman–Crippen LogP) is 2.70. The van der Waals surface area contributed by atoms with E-state index < -0.39 is 11.8 Å². The molecule has 0 amide bonds. The van der Waals surface area contributed by atoms with Gasteiger partial charge in [-0.1, -0.05) is 6.07 Å². The molecule has 0 unspecified atom stereocenters. The molecule has 0 saturated heterocycles. The molecule has 0 aliphatic heterocycles. The van der Waals surface area contributed by atoms with Crippen molar-refractivity contribution in [1.82, 2.24) is 4.98 Å². The van der Waals surface area contributed by atoms with E-state index in [-0.39, 0.29) is 6.42 Å². The first-order valence-corrected chi connectivity index (χ1v) is 5.05. The molecule has 0 saturated carbocycles. The molecular formula is C10H7BrFNO2. The van der Waals surface area contributed by atoms with Gasteiger partial charge in [0.25, 0.3) is 0 Å². The number of carboxylic acid groups (broad SMARTS) is 1. The molecule has 1 aromatic carbocycles. The Morgan fingerprint density at radius 3 is 2.93 bits per heavy atom. The number of aliphatic carboxylic acids is 1. The number of H-pyrrole nitrogens is 1. The number of nitrogens with one attached hydrogen (secondary N) is 1. The van der Waals surface area contributed by atoms with Gasteiger partial charge in [-0.15, -0.1) is 0 Å². The molecule has 15 heavy (non-hydrogen) atoms. The third kappa shape index (κ3) is 1.74.